The van der Waals surface area contributed by atoms with Gasteiger partial charge in [-0.3, -0.25) is 38.4 Å². The molecule has 0 atom stereocenters. The summed E-state index contributed by atoms with van der Waals surface area (Å²) in [6, 6.07) is 53.2. The SMILES string of the molecule is CC(C)OC(=O)c1ccc(NC(=O)c2ccc(NC(=O)c3ccc(N)cc3O)c(OC(C)C)c2)c(OC(C)C)c1.CC(C)OC(=O)c1ccc(NC(=O)c2ccc(NC(=O)c3ccc(N)cc3OC(C)C)cc2O)c(OC(C)C)c1.CC(C)Oc1cc(C(=O)O)ccc1NC(=O)c1ccc(NC(=O)c2ccc(N)cc2)cc1O.CC(C)Oc1cc(C(=O)O)ccc1NC(=O)c1ccc(NC(=O)c2ccc(N)cc2O)cc1O. The van der Waals surface area contributed by atoms with Gasteiger partial charge in [0, 0.05) is 87.3 Å². The smallest absolute Gasteiger partial charge is 0.338 e. The van der Waals surface area contributed by atoms with E-state index in [1.54, 1.807) is 110 Å². The van der Waals surface area contributed by atoms with Crippen LogP contribution in [-0.4, -0.2) is 156 Å². The number of anilines is 12. The summed E-state index contributed by atoms with van der Waals surface area (Å²) < 4.78 is 45.0. The van der Waals surface area contributed by atoms with Crippen molar-refractivity contribution < 1.29 is 131 Å². The largest absolute Gasteiger partial charge is 0.507 e. The first-order valence-electron chi connectivity index (χ1n) is 45.9. The van der Waals surface area contributed by atoms with E-state index in [9.17, 15) is 93.3 Å². The maximum Gasteiger partial charge on any atom is 0.338 e. The summed E-state index contributed by atoms with van der Waals surface area (Å²) in [4.78, 5) is 149. The van der Waals surface area contributed by atoms with E-state index in [4.69, 9.17) is 60.8 Å². The lowest BCUT2D eigenvalue weighted by atomic mass is 10.1. The molecule has 39 nitrogen and oxygen atoms in total. The third-order valence-corrected chi connectivity index (χ3v) is 19.7. The van der Waals surface area contributed by atoms with E-state index in [1.165, 1.54) is 170 Å². The molecule has 0 bridgehead atoms. The van der Waals surface area contributed by atoms with E-state index in [-0.39, 0.29) is 173 Å². The summed E-state index contributed by atoms with van der Waals surface area (Å²) in [6.07, 6.45) is -2.02. The Morgan fingerprint density at radius 3 is 0.721 bits per heavy atom. The molecule has 23 N–H and O–H groups in total. The highest BCUT2D eigenvalue weighted by Gasteiger charge is 2.27. The Bertz CT molecular complexity index is 6900. The molecule has 0 spiro atoms. The van der Waals surface area contributed by atoms with Crippen LogP contribution in [0.3, 0.4) is 0 Å². The number of carboxylic acid groups (broad SMARTS) is 2. The van der Waals surface area contributed by atoms with Crippen LogP contribution in [0.5, 0.6) is 63.2 Å². The number of hydrogen-bond donors (Lipinski definition) is 19. The minimum absolute atomic E-state index is 0.00712. The molecule has 0 fully saturated rings. The Labute approximate surface area is 845 Å². The number of carboxylic acids is 2. The normalized spacial score (nSPS) is 10.7. The van der Waals surface area contributed by atoms with Gasteiger partial charge < -0.3 is 139 Å². The van der Waals surface area contributed by atoms with Crippen LogP contribution in [0, 0.1) is 0 Å². The summed E-state index contributed by atoms with van der Waals surface area (Å²) in [6.45, 7) is 28.6. The molecule has 0 saturated heterocycles. The number of aromatic hydroxyl groups is 5. The van der Waals surface area contributed by atoms with E-state index < -0.39 is 76.9 Å². The van der Waals surface area contributed by atoms with Crippen molar-refractivity contribution in [1.29, 1.82) is 0 Å². The molecule has 8 amide bonds. The van der Waals surface area contributed by atoms with Crippen molar-refractivity contribution in [3.05, 3.63) is 291 Å². The lowest BCUT2D eigenvalue weighted by Gasteiger charge is -2.18. The fraction of sp³-hybridized carbons (Fsp3) is 0.222. The Morgan fingerprint density at radius 2 is 0.429 bits per heavy atom. The first kappa shape index (κ1) is 112. The molecular formula is C108H116N12O27. The highest BCUT2D eigenvalue weighted by molar-refractivity contribution is 6.14. The van der Waals surface area contributed by atoms with Crippen LogP contribution in [0.2, 0.25) is 0 Å². The zero-order valence-electron chi connectivity index (χ0n) is 83.1. The van der Waals surface area contributed by atoms with Crippen molar-refractivity contribution >= 4 is 139 Å². The van der Waals surface area contributed by atoms with Crippen molar-refractivity contribution in [2.75, 3.05) is 65.5 Å². The highest BCUT2D eigenvalue weighted by Crippen LogP contribution is 2.38. The number of esters is 2. The van der Waals surface area contributed by atoms with Gasteiger partial charge in [-0.1, -0.05) is 0 Å². The molecule has 0 aliphatic carbocycles. The first-order chi connectivity index (χ1) is 69.3. The predicted molar refractivity (Wildman–Crippen MR) is 557 cm³/mol. The number of hydrogen-bond acceptors (Lipinski definition) is 29. The first-order valence-corrected chi connectivity index (χ1v) is 45.9. The summed E-state index contributed by atoms with van der Waals surface area (Å²) >= 11 is 0. The van der Waals surface area contributed by atoms with E-state index in [0.29, 0.717) is 68.1 Å². The summed E-state index contributed by atoms with van der Waals surface area (Å²) in [5.41, 5.74) is 27.8. The molecule has 0 heterocycles. The van der Waals surface area contributed by atoms with Gasteiger partial charge in [-0.25, -0.2) is 19.2 Å². The number of rotatable bonds is 34. The van der Waals surface area contributed by atoms with Crippen LogP contribution >= 0.6 is 0 Å². The summed E-state index contributed by atoms with van der Waals surface area (Å²) in [7, 11) is 0. The van der Waals surface area contributed by atoms with Gasteiger partial charge in [-0.2, -0.15) is 0 Å². The van der Waals surface area contributed by atoms with Crippen molar-refractivity contribution in [2.45, 2.75) is 160 Å². The van der Waals surface area contributed by atoms with Gasteiger partial charge in [0.1, 0.15) is 63.2 Å². The van der Waals surface area contributed by atoms with Crippen LogP contribution in [0.4, 0.5) is 68.2 Å². The van der Waals surface area contributed by atoms with Gasteiger partial charge in [-0.15, -0.1) is 0 Å². The zero-order chi connectivity index (χ0) is 108. The van der Waals surface area contributed by atoms with Gasteiger partial charge in [0.15, 0.2) is 0 Å². The Hall–Kier alpha value is -18.7. The number of aromatic carboxylic acids is 2. The number of benzene rings is 12. The molecule has 0 aliphatic rings. The van der Waals surface area contributed by atoms with Crippen LogP contribution < -0.4 is 93.9 Å². The van der Waals surface area contributed by atoms with Crippen LogP contribution in [0.15, 0.2) is 224 Å². The number of ether oxygens (including phenoxy) is 8. The predicted octanol–water partition coefficient (Wildman–Crippen LogP) is 18.9. The molecule has 770 valence electrons. The minimum Gasteiger partial charge on any atom is -0.507 e. The number of carbonyl (C=O) groups excluding carboxylic acids is 10. The maximum absolute atomic E-state index is 13.2. The van der Waals surface area contributed by atoms with Gasteiger partial charge >= 0.3 is 23.9 Å². The molecule has 0 saturated carbocycles. The monoisotopic (exact) mass is 2010 g/mol. The van der Waals surface area contributed by atoms with Crippen molar-refractivity contribution in [2.24, 2.45) is 0 Å². The van der Waals surface area contributed by atoms with Gasteiger partial charge in [0.25, 0.3) is 47.3 Å². The zero-order valence-corrected chi connectivity index (χ0v) is 83.1. The lowest BCUT2D eigenvalue weighted by Crippen LogP contribution is -2.18. The number of phenols is 5. The third kappa shape index (κ3) is 32.9. The number of phenolic OH excluding ortho intramolecular Hbond substituents is 5. The lowest BCUT2D eigenvalue weighted by molar-refractivity contribution is 0.0366. The standard InChI is InChI=1S/2C30H35N3O7.C24H23N3O7.C24H23N3O6/c1-16(2)38-26-13-19(7-11-24(26)33-29(36)22-10-9-21(31)15-25(22)34)28(35)32-23-12-8-20(30(37)40-18(5)6)14-27(23)39-17(3)4;1-16(2)38-26-14-20(31)8-10-23(26)29(36)32-21-9-11-22(25(34)15-21)28(35)33-24-12-7-19(30(37)40-18(5)6)13-27(24)39-17(3)4;1-12(2)34-21-9-13(24(32)33)3-8-18(21)27-23(31)17-7-5-15(11-20(17)29)26-22(30)16-6-4-14(25)10-19(16)28;1-13(2)33-21-11-15(24(31)32)5-10-19(21)27-23(30)18-9-8-17(12-20(18)28)26-22(29)14-3-6-16(25)7-4-14/h7-18,34H,31H2,1-6H3,(H,32,35)(H,33,36);7-18,34H,31H2,1-6H3,(H,32,36)(H,33,35);3-12,28-29H,25H2,1-2H3,(H,26,30)(H,27,31)(H,32,33);3-13,28H,25H2,1-2H3,(H,26,29)(H,27,30)(H,31,32). The second kappa shape index (κ2) is 51.1. The van der Waals surface area contributed by atoms with Gasteiger partial charge in [0.2, 0.25) is 0 Å². The second-order valence-corrected chi connectivity index (χ2v) is 34.8. The average Bonchev–Trinajstić information content (AvgIpc) is 0.817. The summed E-state index contributed by atoms with van der Waals surface area (Å²) in [5, 5.41) is 91.0. The van der Waals surface area contributed by atoms with E-state index in [0.717, 1.165) is 0 Å². The minimum atomic E-state index is -1.14. The van der Waals surface area contributed by atoms with Crippen LogP contribution in [0.25, 0.3) is 0 Å². The van der Waals surface area contributed by atoms with Crippen molar-refractivity contribution in [1.82, 2.24) is 0 Å². The molecule has 0 aliphatic heterocycles. The Balaban J connectivity index is 0.000000219. The number of nitrogen functional groups attached to an aromatic ring is 4. The van der Waals surface area contributed by atoms with E-state index >= 15 is 0 Å². The quantitative estimate of drug-likeness (QED) is 0.0132. The van der Waals surface area contributed by atoms with Gasteiger partial charge in [-0.05, 0) is 299 Å². The summed E-state index contributed by atoms with van der Waals surface area (Å²) in [5.74, 6) is -7.93. The van der Waals surface area contributed by atoms with Gasteiger partial charge in [0.05, 0.1) is 133 Å². The van der Waals surface area contributed by atoms with E-state index in [1.807, 2.05) is 55.4 Å². The van der Waals surface area contributed by atoms with E-state index in [2.05, 4.69) is 42.5 Å². The highest BCUT2D eigenvalue weighted by atomic mass is 16.6. The molecule has 39 heteroatoms. The Kier molecular flexibility index (Phi) is 38.9. The maximum atomic E-state index is 13.2. The number of nitrogens with two attached hydrogens (primary N) is 4. The molecular weight excluding hydrogens is 1900 g/mol. The van der Waals surface area contributed by atoms with Crippen molar-refractivity contribution in [3.63, 3.8) is 0 Å². The molecule has 0 radical (unpaired) electrons. The average molecular weight is 2010 g/mol. The molecule has 0 aromatic heterocycles. The number of amides is 8. The van der Waals surface area contributed by atoms with Crippen LogP contribution in [0.1, 0.15) is 235 Å². The number of carbonyl (C=O) groups is 12. The molecule has 12 aromatic rings. The fourth-order valence-corrected chi connectivity index (χ4v) is 13.3. The Morgan fingerprint density at radius 1 is 0.211 bits per heavy atom. The number of nitrogens with one attached hydrogen (secondary N) is 8. The third-order valence-electron chi connectivity index (χ3n) is 19.7. The van der Waals surface area contributed by atoms with Crippen molar-refractivity contribution in [3.8, 4) is 63.2 Å². The molecule has 12 aromatic carbocycles. The van der Waals surface area contributed by atoms with Crippen LogP contribution in [-0.2, 0) is 9.47 Å². The second-order valence-electron chi connectivity index (χ2n) is 34.8. The topological polar surface area (TPSA) is 621 Å². The molecule has 147 heavy (non-hydrogen) atoms. The molecule has 12 rings (SSSR count). The molecule has 0 unspecified atom stereocenters. The fourth-order valence-electron chi connectivity index (χ4n) is 13.3.